The highest BCUT2D eigenvalue weighted by atomic mass is 35.5. The Bertz CT molecular complexity index is 655. The SMILES string of the molecule is Cc1ccc(CNC(=O)c2ccc(F)cc2Cl)c(C)c1. The van der Waals surface area contributed by atoms with E-state index in [1.807, 2.05) is 26.0 Å². The molecule has 0 saturated heterocycles. The van der Waals surface area contributed by atoms with E-state index in [-0.39, 0.29) is 16.5 Å². The van der Waals surface area contributed by atoms with Crippen LogP contribution in [0.25, 0.3) is 0 Å². The van der Waals surface area contributed by atoms with Gasteiger partial charge in [0.15, 0.2) is 0 Å². The van der Waals surface area contributed by atoms with E-state index in [1.54, 1.807) is 0 Å². The molecule has 20 heavy (non-hydrogen) atoms. The third-order valence-corrected chi connectivity index (χ3v) is 3.43. The van der Waals surface area contributed by atoms with Crippen LogP contribution in [0.3, 0.4) is 0 Å². The van der Waals surface area contributed by atoms with Crippen molar-refractivity contribution in [3.05, 3.63) is 69.5 Å². The van der Waals surface area contributed by atoms with E-state index in [2.05, 4.69) is 11.4 Å². The molecule has 0 aliphatic heterocycles. The lowest BCUT2D eigenvalue weighted by Crippen LogP contribution is -2.23. The summed E-state index contributed by atoms with van der Waals surface area (Å²) < 4.78 is 12.9. The number of hydrogen-bond acceptors (Lipinski definition) is 1. The van der Waals surface area contributed by atoms with Gasteiger partial charge in [-0.05, 0) is 43.2 Å². The molecule has 104 valence electrons. The van der Waals surface area contributed by atoms with Gasteiger partial charge in [0.05, 0.1) is 10.6 Å². The molecule has 0 atom stereocenters. The van der Waals surface area contributed by atoms with Crippen molar-refractivity contribution in [3.63, 3.8) is 0 Å². The molecule has 0 aliphatic carbocycles. The molecule has 0 fully saturated rings. The highest BCUT2D eigenvalue weighted by Crippen LogP contribution is 2.17. The molecule has 0 radical (unpaired) electrons. The lowest BCUT2D eigenvalue weighted by atomic mass is 10.1. The molecule has 0 spiro atoms. The minimum absolute atomic E-state index is 0.114. The van der Waals surface area contributed by atoms with Gasteiger partial charge < -0.3 is 5.32 Å². The topological polar surface area (TPSA) is 29.1 Å². The normalized spacial score (nSPS) is 10.4. The summed E-state index contributed by atoms with van der Waals surface area (Å²) >= 11 is 5.86. The Morgan fingerprint density at radius 2 is 1.95 bits per heavy atom. The van der Waals surface area contributed by atoms with E-state index >= 15 is 0 Å². The Hall–Kier alpha value is -1.87. The molecule has 2 nitrogen and oxygen atoms in total. The van der Waals surface area contributed by atoms with Crippen molar-refractivity contribution in [2.24, 2.45) is 0 Å². The molecule has 0 bridgehead atoms. The maximum atomic E-state index is 12.9. The van der Waals surface area contributed by atoms with Crippen LogP contribution >= 0.6 is 11.6 Å². The minimum atomic E-state index is -0.457. The van der Waals surface area contributed by atoms with Crippen molar-refractivity contribution in [2.45, 2.75) is 20.4 Å². The first kappa shape index (κ1) is 14.5. The lowest BCUT2D eigenvalue weighted by molar-refractivity contribution is 0.0951. The number of amides is 1. The molecule has 4 heteroatoms. The van der Waals surface area contributed by atoms with Gasteiger partial charge >= 0.3 is 0 Å². The van der Waals surface area contributed by atoms with Crippen molar-refractivity contribution in [3.8, 4) is 0 Å². The Balaban J connectivity index is 2.08. The number of carbonyl (C=O) groups excluding carboxylic acids is 1. The maximum Gasteiger partial charge on any atom is 0.253 e. The van der Waals surface area contributed by atoms with Gasteiger partial charge in [0.1, 0.15) is 5.82 Å². The largest absolute Gasteiger partial charge is 0.348 e. The molecule has 1 N–H and O–H groups in total. The number of halogens is 2. The molecule has 0 unspecified atom stereocenters. The average Bonchev–Trinajstić information content (AvgIpc) is 2.37. The molecule has 0 saturated carbocycles. The molecule has 0 aromatic heterocycles. The highest BCUT2D eigenvalue weighted by Gasteiger charge is 2.11. The third kappa shape index (κ3) is 3.36. The van der Waals surface area contributed by atoms with Crippen molar-refractivity contribution in [1.29, 1.82) is 0 Å². The van der Waals surface area contributed by atoms with Gasteiger partial charge in [0.2, 0.25) is 0 Å². The third-order valence-electron chi connectivity index (χ3n) is 3.11. The van der Waals surface area contributed by atoms with Gasteiger partial charge in [-0.15, -0.1) is 0 Å². The van der Waals surface area contributed by atoms with Crippen LogP contribution in [-0.2, 0) is 6.54 Å². The van der Waals surface area contributed by atoms with Crippen LogP contribution in [0.2, 0.25) is 5.02 Å². The Morgan fingerprint density at radius 1 is 1.20 bits per heavy atom. The zero-order valence-electron chi connectivity index (χ0n) is 11.3. The monoisotopic (exact) mass is 291 g/mol. The van der Waals surface area contributed by atoms with Crippen molar-refractivity contribution in [1.82, 2.24) is 5.32 Å². The average molecular weight is 292 g/mol. The van der Waals surface area contributed by atoms with Crippen molar-refractivity contribution in [2.75, 3.05) is 0 Å². The van der Waals surface area contributed by atoms with E-state index in [0.717, 1.165) is 17.2 Å². The predicted octanol–water partition coefficient (Wildman–Crippen LogP) is 4.03. The van der Waals surface area contributed by atoms with Crippen LogP contribution in [-0.4, -0.2) is 5.91 Å². The minimum Gasteiger partial charge on any atom is -0.348 e. The fourth-order valence-corrected chi connectivity index (χ4v) is 2.24. The van der Waals surface area contributed by atoms with E-state index in [0.29, 0.717) is 6.54 Å². The van der Waals surface area contributed by atoms with Gasteiger partial charge in [-0.1, -0.05) is 35.4 Å². The summed E-state index contributed by atoms with van der Waals surface area (Å²) in [5.74, 6) is -0.768. The van der Waals surface area contributed by atoms with Crippen LogP contribution in [0, 0.1) is 19.7 Å². The zero-order chi connectivity index (χ0) is 14.7. The second-order valence-electron chi connectivity index (χ2n) is 4.74. The summed E-state index contributed by atoms with van der Waals surface area (Å²) in [6, 6.07) is 9.78. The summed E-state index contributed by atoms with van der Waals surface area (Å²) in [6.07, 6.45) is 0. The molecule has 0 aliphatic rings. The quantitative estimate of drug-likeness (QED) is 0.909. The van der Waals surface area contributed by atoms with Crippen LogP contribution in [0.1, 0.15) is 27.0 Å². The van der Waals surface area contributed by atoms with Crippen LogP contribution in [0.4, 0.5) is 4.39 Å². The first-order chi connectivity index (χ1) is 9.47. The molecule has 2 rings (SSSR count). The van der Waals surface area contributed by atoms with E-state index in [1.165, 1.54) is 17.7 Å². The summed E-state index contributed by atoms with van der Waals surface area (Å²) in [6.45, 7) is 4.44. The van der Waals surface area contributed by atoms with Crippen molar-refractivity contribution >= 4 is 17.5 Å². The number of aryl methyl sites for hydroxylation is 2. The fraction of sp³-hybridized carbons (Fsp3) is 0.188. The first-order valence-electron chi connectivity index (χ1n) is 6.27. The molecule has 1 amide bonds. The summed E-state index contributed by atoms with van der Waals surface area (Å²) in [7, 11) is 0. The number of carbonyl (C=O) groups is 1. The first-order valence-corrected chi connectivity index (χ1v) is 6.64. The molecular weight excluding hydrogens is 277 g/mol. The standard InChI is InChI=1S/C16H15ClFNO/c1-10-3-4-12(11(2)7-10)9-19-16(20)14-6-5-13(18)8-15(14)17/h3-8H,9H2,1-2H3,(H,19,20). The van der Waals surface area contributed by atoms with Crippen LogP contribution in [0.5, 0.6) is 0 Å². The molecular formula is C16H15ClFNO. The van der Waals surface area contributed by atoms with E-state index in [4.69, 9.17) is 11.6 Å². The molecule has 2 aromatic rings. The Morgan fingerprint density at radius 3 is 2.60 bits per heavy atom. The summed E-state index contributed by atoms with van der Waals surface area (Å²) in [4.78, 5) is 12.0. The number of rotatable bonds is 3. The second kappa shape index (κ2) is 6.06. The predicted molar refractivity (Wildman–Crippen MR) is 78.5 cm³/mol. The molecule has 2 aromatic carbocycles. The number of nitrogens with one attached hydrogen (secondary N) is 1. The molecule has 0 heterocycles. The number of hydrogen-bond donors (Lipinski definition) is 1. The smallest absolute Gasteiger partial charge is 0.253 e. The van der Waals surface area contributed by atoms with Crippen LogP contribution < -0.4 is 5.32 Å². The Kier molecular flexibility index (Phi) is 4.40. The number of benzene rings is 2. The van der Waals surface area contributed by atoms with Gasteiger partial charge in [-0.3, -0.25) is 4.79 Å². The fourth-order valence-electron chi connectivity index (χ4n) is 1.99. The van der Waals surface area contributed by atoms with Gasteiger partial charge in [0.25, 0.3) is 5.91 Å². The maximum absolute atomic E-state index is 12.9. The lowest BCUT2D eigenvalue weighted by Gasteiger charge is -2.09. The van der Waals surface area contributed by atoms with Gasteiger partial charge in [0, 0.05) is 6.54 Å². The highest BCUT2D eigenvalue weighted by molar-refractivity contribution is 6.33. The van der Waals surface area contributed by atoms with Crippen LogP contribution in [0.15, 0.2) is 36.4 Å². The zero-order valence-corrected chi connectivity index (χ0v) is 12.1. The van der Waals surface area contributed by atoms with Gasteiger partial charge in [-0.2, -0.15) is 0 Å². The Labute approximate surface area is 122 Å². The van der Waals surface area contributed by atoms with Gasteiger partial charge in [-0.25, -0.2) is 4.39 Å². The second-order valence-corrected chi connectivity index (χ2v) is 5.14. The summed E-state index contributed by atoms with van der Waals surface area (Å²) in [5, 5.41) is 2.90. The van der Waals surface area contributed by atoms with E-state index < -0.39 is 5.82 Å². The van der Waals surface area contributed by atoms with Crippen molar-refractivity contribution < 1.29 is 9.18 Å². The van der Waals surface area contributed by atoms with E-state index in [9.17, 15) is 9.18 Å². The summed E-state index contributed by atoms with van der Waals surface area (Å²) in [5.41, 5.74) is 3.62.